The highest BCUT2D eigenvalue weighted by Crippen LogP contribution is 2.21. The molecular weight excluding hydrogens is 309 g/mol. The number of ether oxygens (including phenoxy) is 1. The van der Waals surface area contributed by atoms with Gasteiger partial charge in [-0.1, -0.05) is 18.2 Å². The summed E-state index contributed by atoms with van der Waals surface area (Å²) in [6.07, 6.45) is 4.81. The summed E-state index contributed by atoms with van der Waals surface area (Å²) >= 11 is 0. The number of amides is 1. The van der Waals surface area contributed by atoms with E-state index in [0.29, 0.717) is 18.0 Å². The number of hydrogen-bond acceptors (Lipinski definition) is 4. The molecule has 1 N–H and O–H groups in total. The van der Waals surface area contributed by atoms with Gasteiger partial charge in [-0.2, -0.15) is 0 Å². The zero-order valence-corrected chi connectivity index (χ0v) is 13.4. The van der Waals surface area contributed by atoms with Gasteiger partial charge >= 0.3 is 0 Å². The number of nitrogens with one attached hydrogen (secondary N) is 1. The monoisotopic (exact) mass is 329 g/mol. The van der Waals surface area contributed by atoms with Crippen LogP contribution in [0.4, 0.5) is 10.1 Å². The normalized spacial score (nSPS) is 13.8. The topological polar surface area (TPSA) is 54.5 Å². The summed E-state index contributed by atoms with van der Waals surface area (Å²) in [5.74, 6) is 0.238. The fourth-order valence-corrected chi connectivity index (χ4v) is 2.70. The Kier molecular flexibility index (Phi) is 5.25. The van der Waals surface area contributed by atoms with Gasteiger partial charge in [-0.25, -0.2) is 4.39 Å². The lowest BCUT2D eigenvalue weighted by Crippen LogP contribution is -2.32. The molecule has 0 bridgehead atoms. The summed E-state index contributed by atoms with van der Waals surface area (Å²) < 4.78 is 19.3. The number of benzene rings is 1. The van der Waals surface area contributed by atoms with Gasteiger partial charge in [0.2, 0.25) is 0 Å². The summed E-state index contributed by atoms with van der Waals surface area (Å²) in [4.78, 5) is 17.6. The van der Waals surface area contributed by atoms with Crippen LogP contribution in [0.1, 0.15) is 18.4 Å². The molecule has 1 aromatic carbocycles. The lowest BCUT2D eigenvalue weighted by Gasteiger charge is -2.17. The molecule has 0 spiro atoms. The third-order valence-electron chi connectivity index (χ3n) is 4.02. The maximum Gasteiger partial charge on any atom is 0.260 e. The van der Waals surface area contributed by atoms with Gasteiger partial charge in [-0.15, -0.1) is 0 Å². The Balaban J connectivity index is 1.60. The Hall–Kier alpha value is -2.63. The second kappa shape index (κ2) is 7.77. The number of hydrogen-bond donors (Lipinski definition) is 1. The number of rotatable bonds is 6. The van der Waals surface area contributed by atoms with Crippen LogP contribution < -0.4 is 10.1 Å². The lowest BCUT2D eigenvalue weighted by molar-refractivity contribution is -0.132. The van der Waals surface area contributed by atoms with E-state index < -0.39 is 5.82 Å². The van der Waals surface area contributed by atoms with Gasteiger partial charge in [0.05, 0.1) is 11.9 Å². The quantitative estimate of drug-likeness (QED) is 0.885. The number of pyridine rings is 1. The molecule has 1 saturated heterocycles. The van der Waals surface area contributed by atoms with Crippen molar-refractivity contribution < 1.29 is 13.9 Å². The second-order valence-corrected chi connectivity index (χ2v) is 5.69. The first-order valence-corrected chi connectivity index (χ1v) is 8.06. The van der Waals surface area contributed by atoms with Crippen LogP contribution in [0.2, 0.25) is 0 Å². The third-order valence-corrected chi connectivity index (χ3v) is 4.02. The Morgan fingerprint density at radius 3 is 2.83 bits per heavy atom. The summed E-state index contributed by atoms with van der Waals surface area (Å²) in [5, 5.41) is 3.02. The van der Waals surface area contributed by atoms with Crippen LogP contribution in [0, 0.1) is 5.82 Å². The van der Waals surface area contributed by atoms with Crippen LogP contribution >= 0.6 is 0 Å². The Labute approximate surface area is 140 Å². The summed E-state index contributed by atoms with van der Waals surface area (Å²) in [6, 6.07) is 9.02. The highest BCUT2D eigenvalue weighted by atomic mass is 19.1. The molecular formula is C18H20FN3O2. The van der Waals surface area contributed by atoms with E-state index in [-0.39, 0.29) is 12.5 Å². The van der Waals surface area contributed by atoms with E-state index in [2.05, 4.69) is 10.3 Å². The number of carbonyl (C=O) groups excluding carboxylic acids is 1. The van der Waals surface area contributed by atoms with Gasteiger partial charge in [-0.05, 0) is 25.0 Å². The highest BCUT2D eigenvalue weighted by molar-refractivity contribution is 5.78. The standard InChI is InChI=1S/C18H20FN3O2/c19-15-12-20-8-7-16(15)21-11-14-5-1-2-6-17(14)24-13-18(23)22-9-3-4-10-22/h1-2,5-8,12H,3-4,9-11,13H2,(H,20,21). The molecule has 1 aliphatic heterocycles. The van der Waals surface area contributed by atoms with Crippen molar-refractivity contribution in [2.24, 2.45) is 0 Å². The second-order valence-electron chi connectivity index (χ2n) is 5.69. The van der Waals surface area contributed by atoms with Gasteiger partial charge in [0, 0.05) is 31.4 Å². The van der Waals surface area contributed by atoms with Crippen LogP contribution in [0.15, 0.2) is 42.7 Å². The van der Waals surface area contributed by atoms with Crippen LogP contribution in [0.5, 0.6) is 5.75 Å². The van der Waals surface area contributed by atoms with E-state index in [4.69, 9.17) is 4.74 Å². The Morgan fingerprint density at radius 2 is 2.04 bits per heavy atom. The van der Waals surface area contributed by atoms with E-state index >= 15 is 0 Å². The highest BCUT2D eigenvalue weighted by Gasteiger charge is 2.18. The SMILES string of the molecule is O=C(COc1ccccc1CNc1ccncc1F)N1CCCC1. The van der Waals surface area contributed by atoms with E-state index in [0.717, 1.165) is 31.5 Å². The van der Waals surface area contributed by atoms with Gasteiger partial charge in [0.25, 0.3) is 5.91 Å². The zero-order valence-electron chi connectivity index (χ0n) is 13.4. The fourth-order valence-electron chi connectivity index (χ4n) is 2.70. The predicted molar refractivity (Wildman–Crippen MR) is 89.3 cm³/mol. The first kappa shape index (κ1) is 16.2. The number of carbonyl (C=O) groups is 1. The molecule has 0 radical (unpaired) electrons. The average molecular weight is 329 g/mol. The average Bonchev–Trinajstić information content (AvgIpc) is 3.14. The molecule has 0 saturated carbocycles. The van der Waals surface area contributed by atoms with Crippen molar-refractivity contribution >= 4 is 11.6 Å². The summed E-state index contributed by atoms with van der Waals surface area (Å²) in [7, 11) is 0. The minimum absolute atomic E-state index is 0.00967. The first-order valence-electron chi connectivity index (χ1n) is 8.06. The maximum absolute atomic E-state index is 13.6. The number of aromatic nitrogens is 1. The van der Waals surface area contributed by atoms with Crippen molar-refractivity contribution in [3.05, 3.63) is 54.1 Å². The summed E-state index contributed by atoms with van der Waals surface area (Å²) in [5.41, 5.74) is 1.25. The molecule has 0 unspecified atom stereocenters. The zero-order chi connectivity index (χ0) is 16.8. The Bertz CT molecular complexity index is 702. The largest absolute Gasteiger partial charge is 0.483 e. The van der Waals surface area contributed by atoms with Crippen molar-refractivity contribution in [1.82, 2.24) is 9.88 Å². The van der Waals surface area contributed by atoms with Crippen LogP contribution in [-0.2, 0) is 11.3 Å². The van der Waals surface area contributed by atoms with Crippen molar-refractivity contribution in [3.8, 4) is 5.75 Å². The molecule has 2 heterocycles. The van der Waals surface area contributed by atoms with E-state index in [1.54, 1.807) is 6.07 Å². The number of halogens is 1. The van der Waals surface area contributed by atoms with Crippen molar-refractivity contribution in [3.63, 3.8) is 0 Å². The minimum atomic E-state index is -0.403. The first-order chi connectivity index (χ1) is 11.7. The molecule has 24 heavy (non-hydrogen) atoms. The fraction of sp³-hybridized carbons (Fsp3) is 0.333. The number of nitrogens with zero attached hydrogens (tertiary/aromatic N) is 2. The van der Waals surface area contributed by atoms with Gasteiger partial charge in [-0.3, -0.25) is 9.78 Å². The molecule has 3 rings (SSSR count). The molecule has 126 valence electrons. The molecule has 1 amide bonds. The molecule has 2 aromatic rings. The van der Waals surface area contributed by atoms with Crippen molar-refractivity contribution in [2.75, 3.05) is 25.0 Å². The third kappa shape index (κ3) is 4.01. The minimum Gasteiger partial charge on any atom is -0.483 e. The molecule has 6 heteroatoms. The van der Waals surface area contributed by atoms with Crippen LogP contribution in [-0.4, -0.2) is 35.5 Å². The number of likely N-dealkylation sites (tertiary alicyclic amines) is 1. The van der Waals surface area contributed by atoms with E-state index in [1.165, 1.54) is 12.4 Å². The molecule has 1 aromatic heterocycles. The molecule has 0 atom stereocenters. The number of anilines is 1. The van der Waals surface area contributed by atoms with E-state index in [9.17, 15) is 9.18 Å². The molecule has 0 aliphatic carbocycles. The number of para-hydroxylation sites is 1. The van der Waals surface area contributed by atoms with Crippen molar-refractivity contribution in [1.29, 1.82) is 0 Å². The predicted octanol–water partition coefficient (Wildman–Crippen LogP) is 2.83. The van der Waals surface area contributed by atoms with Gasteiger partial charge in [0.1, 0.15) is 5.75 Å². The molecule has 1 fully saturated rings. The molecule has 1 aliphatic rings. The maximum atomic E-state index is 13.6. The van der Waals surface area contributed by atoms with Crippen LogP contribution in [0.3, 0.4) is 0 Å². The Morgan fingerprint density at radius 1 is 1.25 bits per heavy atom. The van der Waals surface area contributed by atoms with Gasteiger partial charge in [0.15, 0.2) is 12.4 Å². The molecule has 5 nitrogen and oxygen atoms in total. The van der Waals surface area contributed by atoms with Crippen LogP contribution in [0.25, 0.3) is 0 Å². The summed E-state index contributed by atoms with van der Waals surface area (Å²) in [6.45, 7) is 2.05. The van der Waals surface area contributed by atoms with Gasteiger partial charge < -0.3 is 15.0 Å². The van der Waals surface area contributed by atoms with Crippen molar-refractivity contribution in [2.45, 2.75) is 19.4 Å². The van der Waals surface area contributed by atoms with E-state index in [1.807, 2.05) is 29.2 Å². The lowest BCUT2D eigenvalue weighted by atomic mass is 10.2. The smallest absolute Gasteiger partial charge is 0.260 e.